The summed E-state index contributed by atoms with van der Waals surface area (Å²) < 4.78 is 189. The van der Waals surface area contributed by atoms with Gasteiger partial charge in [-0.05, 0) is 96.4 Å². The lowest BCUT2D eigenvalue weighted by molar-refractivity contribution is -0.245. The average molecular weight is 1070 g/mol. The summed E-state index contributed by atoms with van der Waals surface area (Å²) >= 11 is 0. The highest BCUT2D eigenvalue weighted by molar-refractivity contribution is 8.07. The summed E-state index contributed by atoms with van der Waals surface area (Å²) in [5.74, 6) is -9.48. The number of anilines is 2. The van der Waals surface area contributed by atoms with Crippen molar-refractivity contribution < 1.29 is 65.5 Å². The summed E-state index contributed by atoms with van der Waals surface area (Å²) in [6.45, 7) is 10.0. The molecule has 1 unspecified atom stereocenters. The van der Waals surface area contributed by atoms with Gasteiger partial charge in [-0.3, -0.25) is 4.79 Å². The Bertz CT molecular complexity index is 3260. The van der Waals surface area contributed by atoms with Crippen LogP contribution in [0.2, 0.25) is 0 Å². The monoisotopic (exact) mass is 1070 g/mol. The Balaban J connectivity index is 1.45. The van der Waals surface area contributed by atoms with Crippen molar-refractivity contribution in [3.63, 3.8) is 0 Å². The third kappa shape index (κ3) is 10.3. The van der Waals surface area contributed by atoms with Crippen LogP contribution in [0.4, 0.5) is 43.4 Å². The molecule has 0 radical (unpaired) electrons. The first kappa shape index (κ1) is 55.8. The van der Waals surface area contributed by atoms with Gasteiger partial charge in [0.05, 0.1) is 16.4 Å². The summed E-state index contributed by atoms with van der Waals surface area (Å²) in [6, 6.07) is 28.7. The molecule has 0 fully saturated rings. The number of hydrogen-bond acceptors (Lipinski definition) is 10. The Kier molecular flexibility index (Phi) is 16.1. The van der Waals surface area contributed by atoms with E-state index in [1.165, 1.54) is 19.9 Å². The number of para-hydroxylation sites is 2. The van der Waals surface area contributed by atoms with Gasteiger partial charge in [-0.1, -0.05) is 66.5 Å². The van der Waals surface area contributed by atoms with Crippen LogP contribution in [0.1, 0.15) is 79.7 Å². The van der Waals surface area contributed by atoms with Gasteiger partial charge in [0.15, 0.2) is 6.04 Å². The molecule has 6 rings (SSSR count). The van der Waals surface area contributed by atoms with Crippen molar-refractivity contribution >= 4 is 64.1 Å². The SMILES string of the molecule is CCN(CCOC(=O)C(C)(C)CC)S(=O)(=O)C(F)(F)C(F)(F)C(F)(F)S(=O)(=O)NS(=O)(=O)C1=CC=CCC1c1c2ccc(=[N+](c3ccccc3)C(C)C)cc-2oc2cc(N(c3ccccc3)C(C)C)ccc12. The van der Waals surface area contributed by atoms with Crippen molar-refractivity contribution in [1.82, 2.24) is 13.0 Å². The van der Waals surface area contributed by atoms with E-state index in [1.807, 2.05) is 97.8 Å². The summed E-state index contributed by atoms with van der Waals surface area (Å²) in [6.07, 6.45) is 3.49. The van der Waals surface area contributed by atoms with Crippen molar-refractivity contribution in [2.24, 2.45) is 5.41 Å². The molecule has 1 aliphatic heterocycles. The molecule has 2 aliphatic carbocycles. The maximum atomic E-state index is 15.8. The molecule has 1 N–H and O–H groups in total. The van der Waals surface area contributed by atoms with E-state index in [-0.39, 0.29) is 57.1 Å². The summed E-state index contributed by atoms with van der Waals surface area (Å²) in [7, 11) is -20.3. The minimum atomic E-state index is -7.49. The van der Waals surface area contributed by atoms with Gasteiger partial charge in [0.25, 0.3) is 20.0 Å². The zero-order valence-electron chi connectivity index (χ0n) is 40.7. The van der Waals surface area contributed by atoms with E-state index in [0.717, 1.165) is 30.5 Å². The first-order valence-electron chi connectivity index (χ1n) is 23.0. The third-order valence-electron chi connectivity index (χ3n) is 12.5. The summed E-state index contributed by atoms with van der Waals surface area (Å²) in [5, 5.41) is -13.1. The molecular weight excluding hydrogens is 1010 g/mol. The number of carbonyl (C=O) groups excluding carboxylic acids is 1. The molecule has 390 valence electrons. The number of alkyl halides is 6. The summed E-state index contributed by atoms with van der Waals surface area (Å²) in [5.41, 5.74) is 1.84. The fourth-order valence-corrected chi connectivity index (χ4v) is 13.1. The lowest BCUT2D eigenvalue weighted by atomic mass is 9.85. The van der Waals surface area contributed by atoms with Gasteiger partial charge in [-0.15, -0.1) is 0 Å². The number of halogens is 6. The smallest absolute Gasteiger partial charge is 0.429 e. The first-order valence-corrected chi connectivity index (χ1v) is 27.4. The van der Waals surface area contributed by atoms with E-state index < -0.39 is 88.4 Å². The molecule has 0 spiro atoms. The molecule has 13 nitrogen and oxygen atoms in total. The second-order valence-electron chi connectivity index (χ2n) is 18.3. The van der Waals surface area contributed by atoms with Gasteiger partial charge in [0, 0.05) is 71.6 Å². The quantitative estimate of drug-likeness (QED) is 0.0344. The molecule has 3 aromatic rings. The molecule has 1 heterocycles. The number of allylic oxidation sites excluding steroid dienone is 4. The molecule has 0 amide bonds. The maximum absolute atomic E-state index is 15.8. The highest BCUT2D eigenvalue weighted by Gasteiger charge is 2.83. The van der Waals surface area contributed by atoms with Crippen LogP contribution >= 0.6 is 0 Å². The Morgan fingerprint density at radius 3 is 2.03 bits per heavy atom. The lowest BCUT2D eigenvalue weighted by Crippen LogP contribution is -2.65. The van der Waals surface area contributed by atoms with Gasteiger partial charge in [0.2, 0.25) is 21.1 Å². The summed E-state index contributed by atoms with van der Waals surface area (Å²) in [4.78, 5) is 13.4. The predicted octanol–water partition coefficient (Wildman–Crippen LogP) is 10.2. The molecule has 1 atom stereocenters. The Hall–Kier alpha value is -5.55. The van der Waals surface area contributed by atoms with Crippen LogP contribution in [0.3, 0.4) is 0 Å². The number of fused-ring (bicyclic) bond motifs is 2. The number of nitrogens with one attached hydrogen (secondary N) is 1. The van der Waals surface area contributed by atoms with Crippen molar-refractivity contribution in [1.29, 1.82) is 0 Å². The number of rotatable bonds is 20. The van der Waals surface area contributed by atoms with Crippen molar-refractivity contribution in [2.45, 2.75) is 103 Å². The highest BCUT2D eigenvalue weighted by atomic mass is 32.3. The van der Waals surface area contributed by atoms with E-state index >= 15 is 26.3 Å². The molecule has 0 saturated carbocycles. The van der Waals surface area contributed by atoms with Crippen molar-refractivity contribution in [3.8, 4) is 11.3 Å². The second-order valence-corrected chi connectivity index (χ2v) is 24.0. The molecule has 22 heteroatoms. The molecule has 0 aromatic heterocycles. The van der Waals surface area contributed by atoms with Gasteiger partial charge >= 0.3 is 22.4 Å². The van der Waals surface area contributed by atoms with Crippen LogP contribution in [-0.4, -0.2) is 83.7 Å². The Morgan fingerprint density at radius 1 is 0.819 bits per heavy atom. The molecule has 3 aromatic carbocycles. The average Bonchev–Trinajstić information content (AvgIpc) is 3.31. The topological polar surface area (TPSA) is 163 Å². The first-order chi connectivity index (χ1) is 33.5. The van der Waals surface area contributed by atoms with E-state index in [2.05, 4.69) is 0 Å². The third-order valence-corrected chi connectivity index (χ3v) is 18.2. The van der Waals surface area contributed by atoms with Crippen LogP contribution < -0.4 is 19.0 Å². The van der Waals surface area contributed by atoms with Crippen LogP contribution in [0, 0.1) is 5.41 Å². The number of hydrogen-bond donors (Lipinski definition) is 1. The second kappa shape index (κ2) is 20.8. The lowest BCUT2D eigenvalue weighted by Gasteiger charge is -2.34. The van der Waals surface area contributed by atoms with Crippen molar-refractivity contribution in [2.75, 3.05) is 24.6 Å². The maximum Gasteiger partial charge on any atom is 0.429 e. The van der Waals surface area contributed by atoms with Crippen LogP contribution in [0.5, 0.6) is 0 Å². The molecule has 72 heavy (non-hydrogen) atoms. The number of sulfonamides is 3. The van der Waals surface area contributed by atoms with E-state index in [0.29, 0.717) is 15.2 Å². The largest absolute Gasteiger partial charge is 0.464 e. The van der Waals surface area contributed by atoms with Gasteiger partial charge < -0.3 is 14.1 Å². The van der Waals surface area contributed by atoms with E-state index in [4.69, 9.17) is 9.15 Å². The van der Waals surface area contributed by atoms with Crippen LogP contribution in [0.25, 0.3) is 22.3 Å². The zero-order chi connectivity index (χ0) is 53.4. The minimum absolute atomic E-state index is 0.108. The van der Waals surface area contributed by atoms with Gasteiger partial charge in [-0.2, -0.15) is 35.2 Å². The standard InChI is InChI=1S/C50H57F6N4O9S3/c1-9-47(7,8)46(61)68-30-29-58(10-2)72(66,67)50(55,56)48(51,52)49(53,54)71(64,65)57-70(62,63)44-24-18-17-23-41(44)45-39-27-25-37(59(33(3)4)35-19-13-11-14-20-35)31-42(39)69-43-32-38(26-28-40(43)45)60(34(5)6)36-21-15-12-16-22-36/h11-22,24-28,31-34,41,57H,9-10,23,29-30H2,1-8H3/q+1. The number of esters is 1. The van der Waals surface area contributed by atoms with Crippen LogP contribution in [0.15, 0.2) is 125 Å². The fraction of sp³-hybridized carbons (Fsp3) is 0.400. The van der Waals surface area contributed by atoms with Crippen LogP contribution in [-0.2, 0) is 39.6 Å². The molecular formula is C50H57F6N4O9S3+. The molecule has 0 bridgehead atoms. The number of likely N-dealkylation sites (N-methyl/N-ethyl adjacent to an activating group) is 1. The van der Waals surface area contributed by atoms with Gasteiger partial charge in [0.1, 0.15) is 18.0 Å². The molecule has 3 aliphatic rings. The minimum Gasteiger partial charge on any atom is -0.464 e. The number of ether oxygens (including phenoxy) is 1. The zero-order valence-corrected chi connectivity index (χ0v) is 43.2. The normalized spacial score (nSPS) is 15.9. The van der Waals surface area contributed by atoms with E-state index in [1.54, 1.807) is 43.3 Å². The number of benzene rings is 4. The van der Waals surface area contributed by atoms with Gasteiger partial charge in [-0.25, -0.2) is 25.3 Å². The number of carbonyl (C=O) groups is 1. The highest BCUT2D eigenvalue weighted by Crippen LogP contribution is 2.52. The fourth-order valence-electron chi connectivity index (χ4n) is 8.32. The Labute approximate surface area is 416 Å². The van der Waals surface area contributed by atoms with E-state index in [9.17, 15) is 30.0 Å². The van der Waals surface area contributed by atoms with Crippen molar-refractivity contribution in [3.05, 3.63) is 131 Å². The number of nitrogens with zero attached hydrogens (tertiary/aromatic N) is 3. The molecule has 0 saturated heterocycles. The Morgan fingerprint density at radius 2 is 1.44 bits per heavy atom. The predicted molar refractivity (Wildman–Crippen MR) is 265 cm³/mol.